The third-order valence-corrected chi connectivity index (χ3v) is 18.1. The Morgan fingerprint density at radius 2 is 1.19 bits per heavy atom. The van der Waals surface area contributed by atoms with E-state index in [0.717, 1.165) is 41.3 Å². The summed E-state index contributed by atoms with van der Waals surface area (Å²) in [5, 5.41) is 2.67. The minimum Gasteiger partial charge on any atom is -0.497 e. The second-order valence-electron chi connectivity index (χ2n) is 16.9. The van der Waals surface area contributed by atoms with Crippen LogP contribution < -0.4 is 14.8 Å². The van der Waals surface area contributed by atoms with Crippen LogP contribution in [0.5, 0.6) is 5.75 Å². The summed E-state index contributed by atoms with van der Waals surface area (Å²) in [6.45, 7) is 6.26. The minimum atomic E-state index is -1.19. The Hall–Kier alpha value is -1.22. The highest BCUT2D eigenvalue weighted by Crippen LogP contribution is 2.78. The van der Waals surface area contributed by atoms with Gasteiger partial charge in [0.2, 0.25) is 0 Å². The topological polar surface area (TPSA) is 38.3 Å². The summed E-state index contributed by atoms with van der Waals surface area (Å²) in [4.78, 5) is 0. The first kappa shape index (κ1) is 29.2. The number of hydrogen-bond donors (Lipinski definition) is 1. The van der Waals surface area contributed by atoms with Gasteiger partial charge in [0, 0.05) is 0 Å². The summed E-state index contributed by atoms with van der Waals surface area (Å²) in [6.07, 6.45) is 17.9. The number of nitrogens with one attached hydrogen (secondary N) is 1. The molecule has 0 unspecified atom stereocenters. The van der Waals surface area contributed by atoms with E-state index in [2.05, 4.69) is 74.0 Å². The summed E-state index contributed by atoms with van der Waals surface area (Å²) in [6, 6.07) is 18.0. The van der Waals surface area contributed by atoms with Gasteiger partial charge in [-0.25, -0.2) is 8.93 Å². The van der Waals surface area contributed by atoms with Gasteiger partial charge in [0.25, 0.3) is 0 Å². The number of methoxy groups -OCH3 is 1. The molecule has 5 heteroatoms. The van der Waals surface area contributed by atoms with Gasteiger partial charge in [0.05, 0.1) is 28.9 Å². The van der Waals surface area contributed by atoms with Crippen LogP contribution in [0, 0.1) is 35.5 Å². The number of rotatable bonds is 8. The molecule has 0 amide bonds. The molecule has 8 aliphatic rings. The van der Waals surface area contributed by atoms with Crippen LogP contribution in [0.25, 0.3) is 0 Å². The Morgan fingerprint density at radius 3 is 1.60 bits per heavy atom. The van der Waals surface area contributed by atoms with Gasteiger partial charge in [0.1, 0.15) is 5.75 Å². The van der Waals surface area contributed by atoms with Crippen LogP contribution in [0.1, 0.15) is 115 Å². The monoisotopic (exact) mass is 617 g/mol. The average Bonchev–Trinajstić information content (AvgIpc) is 2.94. The van der Waals surface area contributed by atoms with Crippen molar-refractivity contribution in [2.24, 2.45) is 35.5 Å². The highest BCUT2D eigenvalue weighted by atomic mass is 32.2. The molecule has 2 aromatic rings. The predicted octanol–water partition coefficient (Wildman–Crippen LogP) is 8.88. The highest BCUT2D eigenvalue weighted by molar-refractivity contribution is 7.84. The van der Waals surface area contributed by atoms with Crippen molar-refractivity contribution in [2.75, 3.05) is 7.11 Å². The summed E-state index contributed by atoms with van der Waals surface area (Å²) in [7, 11) is 0.170. The van der Waals surface area contributed by atoms with E-state index in [4.69, 9.17) is 4.74 Å². The Bertz CT molecular complexity index is 1260. The van der Waals surface area contributed by atoms with Gasteiger partial charge in [-0.15, -0.1) is 0 Å². The molecule has 0 aliphatic heterocycles. The van der Waals surface area contributed by atoms with Crippen molar-refractivity contribution in [1.29, 1.82) is 0 Å². The van der Waals surface area contributed by atoms with Crippen LogP contribution >= 0.6 is 7.92 Å². The van der Waals surface area contributed by atoms with Crippen LogP contribution in [-0.2, 0) is 11.0 Å². The first-order chi connectivity index (χ1) is 20.6. The van der Waals surface area contributed by atoms with Gasteiger partial charge < -0.3 is 4.74 Å². The minimum absolute atomic E-state index is 0.102. The predicted molar refractivity (Wildman–Crippen MR) is 181 cm³/mol. The molecule has 0 heterocycles. The Labute approximate surface area is 264 Å². The van der Waals surface area contributed by atoms with Crippen LogP contribution in [0.2, 0.25) is 0 Å². The maximum atomic E-state index is 13.9. The van der Waals surface area contributed by atoms with Crippen molar-refractivity contribution in [2.45, 2.75) is 119 Å². The van der Waals surface area contributed by atoms with Crippen molar-refractivity contribution in [3.05, 3.63) is 59.7 Å². The summed E-state index contributed by atoms with van der Waals surface area (Å²) < 4.78 is 22.8. The normalized spacial score (nSPS) is 39.5. The summed E-state index contributed by atoms with van der Waals surface area (Å²) in [5.41, 5.74) is 2.60. The lowest BCUT2D eigenvalue weighted by Gasteiger charge is -2.67. The van der Waals surface area contributed by atoms with Gasteiger partial charge in [-0.1, -0.05) is 44.3 Å². The first-order valence-corrected chi connectivity index (χ1v) is 19.8. The van der Waals surface area contributed by atoms with Gasteiger partial charge >= 0.3 is 0 Å². The van der Waals surface area contributed by atoms with E-state index in [1.165, 1.54) is 88.2 Å². The molecule has 1 N–H and O–H groups in total. The average molecular weight is 618 g/mol. The van der Waals surface area contributed by atoms with E-state index in [9.17, 15) is 4.21 Å². The zero-order valence-corrected chi connectivity index (χ0v) is 28.5. The second kappa shape index (κ2) is 10.7. The molecule has 8 fully saturated rings. The molecule has 10 rings (SSSR count). The molecule has 232 valence electrons. The molecule has 2 atom stereocenters. The second-order valence-corrected chi connectivity index (χ2v) is 21.9. The lowest BCUT2D eigenvalue weighted by Crippen LogP contribution is -2.58. The van der Waals surface area contributed by atoms with Crippen LogP contribution in [0.3, 0.4) is 0 Å². The van der Waals surface area contributed by atoms with Crippen molar-refractivity contribution in [3.8, 4) is 5.75 Å². The zero-order chi connectivity index (χ0) is 29.6. The molecular formula is C38H52NO2PS. The molecule has 3 nitrogen and oxygen atoms in total. The standard InChI is InChI=1S/C38H52NO2PS/c1-36(2,3)43(40)39-35(31-9-11-32(41-4)12-10-31)33-7-5-6-8-34(33)42(37-19-25-13-26(20-37)15-27(14-25)21-37)38-22-28-16-29(23-38)18-30(17-28)24-38/h5-12,25-30,35,39H,13-24H2,1-4H3/t25?,26?,27?,28?,29?,30?,35-,37?,38?,42?,43-/m1/s1. The van der Waals surface area contributed by atoms with E-state index < -0.39 is 11.0 Å². The Morgan fingerprint density at radius 1 is 0.744 bits per heavy atom. The van der Waals surface area contributed by atoms with Gasteiger partial charge in [-0.2, -0.15) is 0 Å². The lowest BCUT2D eigenvalue weighted by atomic mass is 9.55. The van der Waals surface area contributed by atoms with Gasteiger partial charge in [0.15, 0.2) is 0 Å². The summed E-state index contributed by atoms with van der Waals surface area (Å²) in [5.74, 6) is 6.63. The van der Waals surface area contributed by atoms with Crippen molar-refractivity contribution in [3.63, 3.8) is 0 Å². The van der Waals surface area contributed by atoms with Crippen LogP contribution in [0.15, 0.2) is 48.5 Å². The van der Waals surface area contributed by atoms with E-state index in [0.29, 0.717) is 10.3 Å². The first-order valence-electron chi connectivity index (χ1n) is 17.3. The van der Waals surface area contributed by atoms with Crippen LogP contribution in [-0.4, -0.2) is 26.4 Å². The number of hydrogen-bond acceptors (Lipinski definition) is 2. The molecule has 8 saturated carbocycles. The molecule has 8 bridgehead atoms. The maximum Gasteiger partial charge on any atom is 0.118 e. The van der Waals surface area contributed by atoms with E-state index in [-0.39, 0.29) is 18.7 Å². The molecular weight excluding hydrogens is 565 g/mol. The third-order valence-electron chi connectivity index (χ3n) is 12.7. The smallest absolute Gasteiger partial charge is 0.118 e. The fourth-order valence-electron chi connectivity index (χ4n) is 12.0. The van der Waals surface area contributed by atoms with E-state index >= 15 is 0 Å². The fourth-order valence-corrected chi connectivity index (χ4v) is 18.2. The zero-order valence-electron chi connectivity index (χ0n) is 26.8. The van der Waals surface area contributed by atoms with E-state index in [1.54, 1.807) is 12.4 Å². The number of ether oxygens (including phenoxy) is 1. The molecule has 0 radical (unpaired) electrons. The molecule has 43 heavy (non-hydrogen) atoms. The van der Waals surface area contributed by atoms with Crippen molar-refractivity contribution >= 4 is 24.2 Å². The van der Waals surface area contributed by atoms with Crippen molar-refractivity contribution in [1.82, 2.24) is 4.72 Å². The lowest BCUT2D eigenvalue weighted by molar-refractivity contribution is 0.0195. The van der Waals surface area contributed by atoms with Gasteiger partial charge in [-0.05, 0) is 172 Å². The van der Waals surface area contributed by atoms with E-state index in [1.807, 2.05) is 0 Å². The molecule has 2 aromatic carbocycles. The fraction of sp³-hybridized carbons (Fsp3) is 0.684. The Kier molecular flexibility index (Phi) is 7.24. The van der Waals surface area contributed by atoms with Crippen LogP contribution in [0.4, 0.5) is 0 Å². The van der Waals surface area contributed by atoms with Crippen molar-refractivity contribution < 1.29 is 8.95 Å². The largest absolute Gasteiger partial charge is 0.497 e. The SMILES string of the molecule is COc1ccc([C@@H](N[S@](=O)C(C)(C)C)c2ccccc2P(C23CC4CC(CC(C4)C2)C3)C23CC4CC(CC(C4)C2)C3)cc1. The summed E-state index contributed by atoms with van der Waals surface area (Å²) >= 11 is 0. The third kappa shape index (κ3) is 5.09. The molecule has 0 spiro atoms. The highest BCUT2D eigenvalue weighted by Gasteiger charge is 2.63. The maximum absolute atomic E-state index is 13.9. The Balaban J connectivity index is 1.29. The van der Waals surface area contributed by atoms with Gasteiger partial charge in [-0.3, -0.25) is 0 Å². The quantitative estimate of drug-likeness (QED) is 0.301. The number of benzene rings is 2. The molecule has 8 aliphatic carbocycles. The molecule has 0 aromatic heterocycles. The molecule has 0 saturated heterocycles.